The molecule has 1 atom stereocenters. The highest BCUT2D eigenvalue weighted by Crippen LogP contribution is 2.33. The van der Waals surface area contributed by atoms with Crippen LogP contribution >= 0.6 is 0 Å². The van der Waals surface area contributed by atoms with Crippen molar-refractivity contribution in [3.05, 3.63) is 6.33 Å². The largest absolute Gasteiger partial charge is 0.395 e. The van der Waals surface area contributed by atoms with Crippen LogP contribution in [0.1, 0.15) is 32.6 Å². The Hall–Kier alpha value is -1.60. The minimum absolute atomic E-state index is 0.215. The molecule has 0 radical (unpaired) electrons. The fraction of sp³-hybridized carbons (Fsp3) is 0.765. The lowest BCUT2D eigenvalue weighted by atomic mass is 10.00. The van der Waals surface area contributed by atoms with Crippen molar-refractivity contribution < 1.29 is 5.11 Å². The third-order valence-electron chi connectivity index (χ3n) is 5.30. The first-order valence-corrected chi connectivity index (χ1v) is 9.19. The number of β-amino-alcohol motifs (C(OH)–C–C–N with tert-alkyl or cyclic N) is 1. The number of piperidine rings is 1. The molecule has 3 N–H and O–H groups in total. The molecule has 134 valence electrons. The first kappa shape index (κ1) is 17.2. The highest BCUT2D eigenvalue weighted by atomic mass is 16.3. The van der Waals surface area contributed by atoms with Crippen molar-refractivity contribution in [2.24, 2.45) is 0 Å². The Labute approximate surface area is 144 Å². The van der Waals surface area contributed by atoms with Crippen LogP contribution in [0.4, 0.5) is 17.3 Å². The maximum Gasteiger partial charge on any atom is 0.157 e. The third-order valence-corrected chi connectivity index (χ3v) is 5.30. The SMILES string of the molecule is CCC1CCCCN1c1ncnc(N2CCN(CCO)CC2)c1N. The van der Waals surface area contributed by atoms with Crippen LogP contribution < -0.4 is 15.5 Å². The van der Waals surface area contributed by atoms with E-state index >= 15 is 0 Å². The van der Waals surface area contributed by atoms with E-state index in [1.807, 2.05) is 0 Å². The summed E-state index contributed by atoms with van der Waals surface area (Å²) >= 11 is 0. The zero-order chi connectivity index (χ0) is 16.9. The highest BCUT2D eigenvalue weighted by Gasteiger charge is 2.27. The Morgan fingerprint density at radius 1 is 1.12 bits per heavy atom. The Bertz CT molecular complexity index is 532. The molecule has 2 fully saturated rings. The van der Waals surface area contributed by atoms with E-state index in [0.717, 1.165) is 57.3 Å². The second kappa shape index (κ2) is 7.98. The standard InChI is InChI=1S/C17H30N6O/c1-2-14-5-3-4-6-23(14)17-15(18)16(19-13-20-17)22-9-7-21(8-10-22)11-12-24/h13-14,24H,2-12,18H2,1H3. The number of hydrogen-bond donors (Lipinski definition) is 2. The van der Waals surface area contributed by atoms with Crippen LogP contribution in [0.25, 0.3) is 0 Å². The quantitative estimate of drug-likeness (QED) is 0.829. The molecular weight excluding hydrogens is 304 g/mol. The van der Waals surface area contributed by atoms with Crippen molar-refractivity contribution in [3.63, 3.8) is 0 Å². The number of piperazine rings is 1. The van der Waals surface area contributed by atoms with Crippen LogP contribution in [0.3, 0.4) is 0 Å². The summed E-state index contributed by atoms with van der Waals surface area (Å²) in [7, 11) is 0. The number of nitrogens with zero attached hydrogens (tertiary/aromatic N) is 5. The lowest BCUT2D eigenvalue weighted by Crippen LogP contribution is -2.48. The molecule has 3 rings (SSSR count). The predicted octanol–water partition coefficient (Wildman–Crippen LogP) is 0.942. The molecule has 3 heterocycles. The van der Waals surface area contributed by atoms with Crippen LogP contribution in [-0.4, -0.2) is 71.9 Å². The van der Waals surface area contributed by atoms with Gasteiger partial charge in [0.15, 0.2) is 11.6 Å². The number of aliphatic hydroxyl groups is 1. The van der Waals surface area contributed by atoms with E-state index in [4.69, 9.17) is 10.8 Å². The fourth-order valence-electron chi connectivity index (χ4n) is 3.89. The van der Waals surface area contributed by atoms with E-state index in [-0.39, 0.29) is 6.61 Å². The van der Waals surface area contributed by atoms with Crippen LogP contribution in [0.5, 0.6) is 0 Å². The van der Waals surface area contributed by atoms with Crippen LogP contribution in [0, 0.1) is 0 Å². The third kappa shape index (κ3) is 3.57. The number of hydrogen-bond acceptors (Lipinski definition) is 7. The van der Waals surface area contributed by atoms with Gasteiger partial charge in [-0.3, -0.25) is 4.90 Å². The van der Waals surface area contributed by atoms with E-state index in [1.165, 1.54) is 19.3 Å². The van der Waals surface area contributed by atoms with Gasteiger partial charge in [-0.2, -0.15) is 0 Å². The minimum atomic E-state index is 0.215. The molecule has 0 spiro atoms. The van der Waals surface area contributed by atoms with Crippen molar-refractivity contribution >= 4 is 17.3 Å². The van der Waals surface area contributed by atoms with Crippen LogP contribution in [0.15, 0.2) is 6.33 Å². The maximum absolute atomic E-state index is 9.07. The normalized spacial score (nSPS) is 22.8. The van der Waals surface area contributed by atoms with Gasteiger partial charge in [-0.25, -0.2) is 9.97 Å². The van der Waals surface area contributed by atoms with Crippen molar-refractivity contribution in [2.45, 2.75) is 38.6 Å². The van der Waals surface area contributed by atoms with E-state index in [9.17, 15) is 0 Å². The van der Waals surface area contributed by atoms with Crippen molar-refractivity contribution in [1.29, 1.82) is 0 Å². The summed E-state index contributed by atoms with van der Waals surface area (Å²) in [6, 6.07) is 0.533. The Kier molecular flexibility index (Phi) is 5.73. The molecule has 2 saturated heterocycles. The van der Waals surface area contributed by atoms with Crippen molar-refractivity contribution in [3.8, 4) is 0 Å². The second-order valence-electron chi connectivity index (χ2n) is 6.74. The first-order chi connectivity index (χ1) is 11.7. The summed E-state index contributed by atoms with van der Waals surface area (Å²) < 4.78 is 0. The van der Waals surface area contributed by atoms with Gasteiger partial charge in [-0.15, -0.1) is 0 Å². The summed E-state index contributed by atoms with van der Waals surface area (Å²) in [4.78, 5) is 15.9. The average molecular weight is 334 g/mol. The first-order valence-electron chi connectivity index (χ1n) is 9.19. The van der Waals surface area contributed by atoms with Crippen molar-refractivity contribution in [2.75, 3.05) is 61.4 Å². The molecule has 1 unspecified atom stereocenters. The molecule has 24 heavy (non-hydrogen) atoms. The molecule has 0 bridgehead atoms. The number of aliphatic hydroxyl groups excluding tert-OH is 1. The molecular formula is C17H30N6O. The zero-order valence-electron chi connectivity index (χ0n) is 14.7. The molecule has 2 aliphatic heterocycles. The van der Waals surface area contributed by atoms with Gasteiger partial charge in [0.25, 0.3) is 0 Å². The number of anilines is 3. The highest BCUT2D eigenvalue weighted by molar-refractivity contribution is 5.76. The molecule has 2 aliphatic rings. The van der Waals surface area contributed by atoms with Gasteiger partial charge in [0.1, 0.15) is 12.0 Å². The van der Waals surface area contributed by atoms with Crippen molar-refractivity contribution in [1.82, 2.24) is 14.9 Å². The molecule has 0 aliphatic carbocycles. The van der Waals surface area contributed by atoms with Gasteiger partial charge in [-0.05, 0) is 25.7 Å². The Morgan fingerprint density at radius 3 is 2.58 bits per heavy atom. The molecule has 0 saturated carbocycles. The topological polar surface area (TPSA) is 81.8 Å². The van der Waals surface area contributed by atoms with Crippen LogP contribution in [0.2, 0.25) is 0 Å². The molecule has 7 nitrogen and oxygen atoms in total. The van der Waals surface area contributed by atoms with Crippen LogP contribution in [-0.2, 0) is 0 Å². The maximum atomic E-state index is 9.07. The van der Waals surface area contributed by atoms with Gasteiger partial charge < -0.3 is 20.6 Å². The summed E-state index contributed by atoms with van der Waals surface area (Å²) in [5.74, 6) is 1.77. The average Bonchev–Trinajstić information content (AvgIpc) is 2.63. The Morgan fingerprint density at radius 2 is 1.88 bits per heavy atom. The zero-order valence-corrected chi connectivity index (χ0v) is 14.7. The summed E-state index contributed by atoms with van der Waals surface area (Å²) in [6.07, 6.45) is 6.49. The lowest BCUT2D eigenvalue weighted by Gasteiger charge is -2.38. The molecule has 1 aromatic heterocycles. The monoisotopic (exact) mass is 334 g/mol. The number of nitrogens with two attached hydrogens (primary N) is 1. The summed E-state index contributed by atoms with van der Waals surface area (Å²) in [6.45, 7) is 7.86. The predicted molar refractivity (Wildman–Crippen MR) is 97.5 cm³/mol. The molecule has 0 amide bonds. The fourth-order valence-corrected chi connectivity index (χ4v) is 3.89. The van der Waals surface area contributed by atoms with Gasteiger partial charge >= 0.3 is 0 Å². The summed E-state index contributed by atoms with van der Waals surface area (Å²) in [5, 5.41) is 9.07. The second-order valence-corrected chi connectivity index (χ2v) is 6.74. The van der Waals surface area contributed by atoms with E-state index in [0.29, 0.717) is 11.7 Å². The van der Waals surface area contributed by atoms with Gasteiger partial charge in [0.05, 0.1) is 6.61 Å². The number of rotatable bonds is 5. The lowest BCUT2D eigenvalue weighted by molar-refractivity contribution is 0.188. The van der Waals surface area contributed by atoms with E-state index < -0.39 is 0 Å². The smallest absolute Gasteiger partial charge is 0.157 e. The minimum Gasteiger partial charge on any atom is -0.395 e. The summed E-state index contributed by atoms with van der Waals surface area (Å²) in [5.41, 5.74) is 7.21. The van der Waals surface area contributed by atoms with Gasteiger partial charge in [0.2, 0.25) is 0 Å². The van der Waals surface area contributed by atoms with E-state index in [2.05, 4.69) is 31.6 Å². The Balaban J connectivity index is 1.76. The molecule has 0 aromatic carbocycles. The van der Waals surface area contributed by atoms with Gasteiger partial charge in [-0.1, -0.05) is 6.92 Å². The number of aromatic nitrogens is 2. The van der Waals surface area contributed by atoms with E-state index in [1.54, 1.807) is 6.33 Å². The van der Waals surface area contributed by atoms with Gasteiger partial charge in [0, 0.05) is 45.3 Å². The molecule has 7 heteroatoms. The number of nitrogen functional groups attached to an aromatic ring is 1. The molecule has 1 aromatic rings.